The second kappa shape index (κ2) is 15.3. The molecule has 0 aliphatic carbocycles. The van der Waals surface area contributed by atoms with Crippen molar-refractivity contribution < 1.29 is 37.4 Å². The van der Waals surface area contributed by atoms with Crippen molar-refractivity contribution in [2.24, 2.45) is 16.3 Å². The van der Waals surface area contributed by atoms with E-state index in [0.29, 0.717) is 43.0 Å². The SMILES string of the molecule is COC(CN1CCCC(C(C)(C)C)CCCN=C(c2cccc(C(F)(F)F)c2)C1=O)c1ccc(C(=O)NCCC(=O)O)cc1. The number of amides is 2. The van der Waals surface area contributed by atoms with Gasteiger partial charge in [0.05, 0.1) is 24.6 Å². The number of rotatable bonds is 9. The average Bonchev–Trinajstić information content (AvgIpc) is 2.99. The Labute approximate surface area is 256 Å². The average molecular weight is 618 g/mol. The Morgan fingerprint density at radius 3 is 2.39 bits per heavy atom. The maximum Gasteiger partial charge on any atom is 0.416 e. The summed E-state index contributed by atoms with van der Waals surface area (Å²) >= 11 is 0. The third-order valence-corrected chi connectivity index (χ3v) is 7.98. The summed E-state index contributed by atoms with van der Waals surface area (Å²) in [6, 6.07) is 11.3. The van der Waals surface area contributed by atoms with Crippen LogP contribution >= 0.6 is 0 Å². The molecule has 0 fully saturated rings. The summed E-state index contributed by atoms with van der Waals surface area (Å²) in [7, 11) is 1.51. The number of benzene rings is 2. The van der Waals surface area contributed by atoms with Gasteiger partial charge in [0.15, 0.2) is 0 Å². The number of hydrogen-bond acceptors (Lipinski definition) is 5. The highest BCUT2D eigenvalue weighted by molar-refractivity contribution is 6.45. The monoisotopic (exact) mass is 617 g/mol. The van der Waals surface area contributed by atoms with E-state index in [-0.39, 0.29) is 36.2 Å². The van der Waals surface area contributed by atoms with Crippen LogP contribution < -0.4 is 5.32 Å². The Kier molecular flexibility index (Phi) is 12.1. The molecule has 0 aromatic heterocycles. The molecule has 2 unspecified atom stereocenters. The first-order valence-electron chi connectivity index (χ1n) is 14.8. The summed E-state index contributed by atoms with van der Waals surface area (Å²) < 4.78 is 46.4. The number of aliphatic imine (C=N–C) groups is 1. The third kappa shape index (κ3) is 9.90. The normalized spacial score (nSPS) is 17.8. The third-order valence-electron chi connectivity index (χ3n) is 7.98. The number of methoxy groups -OCH3 is 1. The fourth-order valence-corrected chi connectivity index (χ4v) is 5.37. The lowest BCUT2D eigenvalue weighted by atomic mass is 9.75. The van der Waals surface area contributed by atoms with Gasteiger partial charge in [-0.1, -0.05) is 45.0 Å². The number of hydrogen-bond donors (Lipinski definition) is 2. The zero-order chi connectivity index (χ0) is 32.5. The predicted octanol–water partition coefficient (Wildman–Crippen LogP) is 6.15. The molecule has 1 aliphatic rings. The van der Waals surface area contributed by atoms with Gasteiger partial charge in [0.1, 0.15) is 5.71 Å². The van der Waals surface area contributed by atoms with Gasteiger partial charge in [-0.3, -0.25) is 19.4 Å². The molecule has 240 valence electrons. The standard InChI is InChI=1S/C33H42F3N3O5/c1-32(2,3)25-10-6-17-37-29(24-8-5-9-26(20-24)33(34,35)36)31(43)39(19-7-11-25)21-27(44-4)22-12-14-23(15-13-22)30(42)38-18-16-28(40)41/h5,8-9,12-15,20,25,27H,6-7,10-11,16-19,21H2,1-4H3,(H,38,42)(H,40,41). The van der Waals surface area contributed by atoms with Crippen molar-refractivity contribution >= 4 is 23.5 Å². The maximum atomic E-state index is 14.1. The highest BCUT2D eigenvalue weighted by Gasteiger charge is 2.33. The molecule has 3 rings (SSSR count). The second-order valence-corrected chi connectivity index (χ2v) is 12.2. The largest absolute Gasteiger partial charge is 0.481 e. The van der Waals surface area contributed by atoms with Gasteiger partial charge in [-0.15, -0.1) is 0 Å². The van der Waals surface area contributed by atoms with Crippen LogP contribution in [0.3, 0.4) is 0 Å². The highest BCUT2D eigenvalue weighted by Crippen LogP contribution is 2.34. The van der Waals surface area contributed by atoms with Gasteiger partial charge in [0, 0.05) is 37.9 Å². The van der Waals surface area contributed by atoms with Crippen molar-refractivity contribution in [3.8, 4) is 0 Å². The van der Waals surface area contributed by atoms with E-state index in [9.17, 15) is 27.6 Å². The van der Waals surface area contributed by atoms with Crippen LogP contribution in [-0.2, 0) is 20.5 Å². The summed E-state index contributed by atoms with van der Waals surface area (Å²) in [5.74, 6) is -1.50. The van der Waals surface area contributed by atoms with Crippen LogP contribution in [-0.4, -0.2) is 66.8 Å². The van der Waals surface area contributed by atoms with Gasteiger partial charge in [-0.25, -0.2) is 0 Å². The van der Waals surface area contributed by atoms with Crippen molar-refractivity contribution in [2.45, 2.75) is 65.2 Å². The molecule has 44 heavy (non-hydrogen) atoms. The minimum absolute atomic E-state index is 0.000475. The van der Waals surface area contributed by atoms with E-state index in [2.05, 4.69) is 31.1 Å². The maximum absolute atomic E-state index is 14.1. The first kappa shape index (κ1) is 34.8. The second-order valence-electron chi connectivity index (χ2n) is 12.2. The molecule has 0 saturated heterocycles. The molecule has 8 nitrogen and oxygen atoms in total. The molecule has 0 saturated carbocycles. The summed E-state index contributed by atoms with van der Waals surface area (Å²) in [4.78, 5) is 43.3. The number of carboxylic acid groups (broad SMARTS) is 1. The van der Waals surface area contributed by atoms with Gasteiger partial charge < -0.3 is 20.1 Å². The number of aliphatic carboxylic acids is 1. The molecular formula is C33H42F3N3O5. The molecule has 2 N–H and O–H groups in total. The summed E-state index contributed by atoms with van der Waals surface area (Å²) in [6.45, 7) is 7.38. The lowest BCUT2D eigenvalue weighted by Gasteiger charge is -2.32. The molecule has 11 heteroatoms. The molecule has 1 aliphatic heterocycles. The zero-order valence-corrected chi connectivity index (χ0v) is 25.7. The molecule has 2 atom stereocenters. The van der Waals surface area contributed by atoms with Crippen LogP contribution in [0, 0.1) is 11.3 Å². The van der Waals surface area contributed by atoms with Gasteiger partial charge in [0.2, 0.25) is 0 Å². The lowest BCUT2D eigenvalue weighted by molar-refractivity contribution is -0.138. The number of halogens is 3. The minimum Gasteiger partial charge on any atom is -0.481 e. The first-order chi connectivity index (χ1) is 20.7. The van der Waals surface area contributed by atoms with E-state index >= 15 is 0 Å². The Balaban J connectivity index is 1.90. The first-order valence-corrected chi connectivity index (χ1v) is 14.8. The fraction of sp³-hybridized carbons (Fsp3) is 0.515. The number of nitrogens with zero attached hydrogens (tertiary/aromatic N) is 2. The molecule has 0 spiro atoms. The molecule has 2 aromatic rings. The Morgan fingerprint density at radius 1 is 1.09 bits per heavy atom. The summed E-state index contributed by atoms with van der Waals surface area (Å²) in [5.41, 5.74) is 0.352. The van der Waals surface area contributed by atoms with E-state index in [1.54, 1.807) is 29.2 Å². The van der Waals surface area contributed by atoms with Crippen LogP contribution in [0.1, 0.15) is 86.0 Å². The molecule has 1 heterocycles. The smallest absolute Gasteiger partial charge is 0.416 e. The Morgan fingerprint density at radius 2 is 1.77 bits per heavy atom. The van der Waals surface area contributed by atoms with Crippen molar-refractivity contribution in [2.75, 3.05) is 33.3 Å². The van der Waals surface area contributed by atoms with Crippen LogP contribution in [0.25, 0.3) is 0 Å². The Hall–Kier alpha value is -3.73. The number of carboxylic acids is 1. The number of ether oxygens (including phenoxy) is 1. The molecule has 2 aromatic carbocycles. The lowest BCUT2D eigenvalue weighted by Crippen LogP contribution is -2.41. The Bertz CT molecular complexity index is 1320. The van der Waals surface area contributed by atoms with E-state index in [4.69, 9.17) is 9.84 Å². The predicted molar refractivity (Wildman–Crippen MR) is 162 cm³/mol. The van der Waals surface area contributed by atoms with Crippen molar-refractivity contribution in [1.29, 1.82) is 0 Å². The van der Waals surface area contributed by atoms with E-state index in [1.807, 2.05) is 0 Å². The summed E-state index contributed by atoms with van der Waals surface area (Å²) in [6.07, 6.45) is -2.14. The summed E-state index contributed by atoms with van der Waals surface area (Å²) in [5, 5.41) is 11.3. The molecule has 0 bridgehead atoms. The zero-order valence-electron chi connectivity index (χ0n) is 25.7. The number of carbonyl (C=O) groups is 3. The highest BCUT2D eigenvalue weighted by atomic mass is 19.4. The van der Waals surface area contributed by atoms with Gasteiger partial charge in [-0.2, -0.15) is 13.2 Å². The molecule has 2 amide bonds. The quantitative estimate of drug-likeness (QED) is 0.351. The van der Waals surface area contributed by atoms with Gasteiger partial charge >= 0.3 is 12.1 Å². The van der Waals surface area contributed by atoms with Gasteiger partial charge in [-0.05, 0) is 66.8 Å². The fourth-order valence-electron chi connectivity index (χ4n) is 5.37. The van der Waals surface area contributed by atoms with Crippen molar-refractivity contribution in [1.82, 2.24) is 10.2 Å². The van der Waals surface area contributed by atoms with E-state index in [0.717, 1.165) is 25.0 Å². The molecular weight excluding hydrogens is 575 g/mol. The van der Waals surface area contributed by atoms with Crippen LogP contribution in [0.5, 0.6) is 0 Å². The van der Waals surface area contributed by atoms with Gasteiger partial charge in [0.25, 0.3) is 11.8 Å². The number of alkyl halides is 3. The van der Waals surface area contributed by atoms with Crippen LogP contribution in [0.4, 0.5) is 13.2 Å². The van der Waals surface area contributed by atoms with E-state index in [1.165, 1.54) is 19.2 Å². The number of carbonyl (C=O) groups excluding carboxylic acids is 2. The van der Waals surface area contributed by atoms with Crippen LogP contribution in [0.15, 0.2) is 53.5 Å². The topological polar surface area (TPSA) is 108 Å². The molecule has 0 radical (unpaired) electrons. The van der Waals surface area contributed by atoms with Crippen LogP contribution in [0.2, 0.25) is 0 Å². The van der Waals surface area contributed by atoms with Crippen molar-refractivity contribution in [3.05, 3.63) is 70.8 Å². The number of nitrogens with one attached hydrogen (secondary N) is 1. The van der Waals surface area contributed by atoms with E-state index < -0.39 is 35.6 Å². The minimum atomic E-state index is -4.56. The van der Waals surface area contributed by atoms with Crippen molar-refractivity contribution in [3.63, 3.8) is 0 Å².